The first-order valence-electron chi connectivity index (χ1n) is 9.22. The van der Waals surface area contributed by atoms with E-state index in [0.29, 0.717) is 29.3 Å². The highest BCUT2D eigenvalue weighted by Crippen LogP contribution is 2.26. The van der Waals surface area contributed by atoms with E-state index in [2.05, 4.69) is 20.3 Å². The normalized spacial score (nSPS) is 10.7. The van der Waals surface area contributed by atoms with Crippen molar-refractivity contribution in [3.05, 3.63) is 84.9 Å². The molecule has 0 saturated heterocycles. The number of amides is 1. The van der Waals surface area contributed by atoms with E-state index in [0.717, 1.165) is 10.1 Å². The molecule has 0 bridgehead atoms. The molecule has 8 heteroatoms. The van der Waals surface area contributed by atoms with E-state index >= 15 is 0 Å². The van der Waals surface area contributed by atoms with Crippen LogP contribution in [0, 0.1) is 5.82 Å². The molecule has 0 fully saturated rings. The lowest BCUT2D eigenvalue weighted by atomic mass is 10.2. The number of hydrogen-bond donors (Lipinski definition) is 1. The molecule has 0 aliphatic carbocycles. The average Bonchev–Trinajstić information content (AvgIpc) is 3.22. The lowest BCUT2D eigenvalue weighted by Gasteiger charge is -2.06. The summed E-state index contributed by atoms with van der Waals surface area (Å²) >= 11 is 1.41. The van der Waals surface area contributed by atoms with Gasteiger partial charge in [0.25, 0.3) is 0 Å². The summed E-state index contributed by atoms with van der Waals surface area (Å²) in [5, 5.41) is 4.40. The molecule has 0 atom stereocenters. The zero-order chi connectivity index (χ0) is 20.8. The number of rotatable bonds is 7. The second-order valence-corrected chi connectivity index (χ2v) is 7.34. The van der Waals surface area contributed by atoms with Gasteiger partial charge in [0.2, 0.25) is 5.91 Å². The molecule has 0 spiro atoms. The van der Waals surface area contributed by atoms with Crippen LogP contribution < -0.4 is 5.32 Å². The van der Waals surface area contributed by atoms with Crippen LogP contribution in [-0.2, 0) is 11.2 Å². The fraction of sp³-hybridized carbons (Fsp3) is 0.0909. The standard InChI is InChI=1S/C22H17FN4O2S/c23-17-6-2-1-5-16(17)18-14-26-20(29-18)9-8-19(28)27-15-10-12-25-22(13-15)30-21-7-3-4-11-24-21/h1-7,10-14H,8-9H2,(H,25,27,28). The molecular weight excluding hydrogens is 403 g/mol. The molecule has 0 unspecified atom stereocenters. The topological polar surface area (TPSA) is 80.9 Å². The van der Waals surface area contributed by atoms with E-state index in [-0.39, 0.29) is 18.1 Å². The molecule has 1 amide bonds. The van der Waals surface area contributed by atoms with Gasteiger partial charge in [-0.1, -0.05) is 30.0 Å². The number of carbonyl (C=O) groups excluding carboxylic acids is 1. The molecule has 3 heterocycles. The summed E-state index contributed by atoms with van der Waals surface area (Å²) in [7, 11) is 0. The van der Waals surface area contributed by atoms with Gasteiger partial charge in [0.15, 0.2) is 11.7 Å². The summed E-state index contributed by atoms with van der Waals surface area (Å²) in [6.07, 6.45) is 5.31. The van der Waals surface area contributed by atoms with Crippen molar-refractivity contribution in [2.24, 2.45) is 0 Å². The van der Waals surface area contributed by atoms with Gasteiger partial charge in [-0.3, -0.25) is 4.79 Å². The van der Waals surface area contributed by atoms with Gasteiger partial charge in [-0.2, -0.15) is 0 Å². The van der Waals surface area contributed by atoms with Crippen molar-refractivity contribution in [1.82, 2.24) is 15.0 Å². The Kier molecular flexibility index (Phi) is 6.14. The predicted molar refractivity (Wildman–Crippen MR) is 111 cm³/mol. The summed E-state index contributed by atoms with van der Waals surface area (Å²) in [5.41, 5.74) is 0.989. The number of aromatic nitrogens is 3. The van der Waals surface area contributed by atoms with Crippen molar-refractivity contribution in [2.75, 3.05) is 5.32 Å². The number of benzene rings is 1. The van der Waals surface area contributed by atoms with Crippen LogP contribution in [0.5, 0.6) is 0 Å². The number of nitrogens with one attached hydrogen (secondary N) is 1. The van der Waals surface area contributed by atoms with Gasteiger partial charge in [0, 0.05) is 30.9 Å². The van der Waals surface area contributed by atoms with Crippen LogP contribution in [0.1, 0.15) is 12.3 Å². The van der Waals surface area contributed by atoms with Gasteiger partial charge >= 0.3 is 0 Å². The molecule has 150 valence electrons. The van der Waals surface area contributed by atoms with E-state index in [4.69, 9.17) is 4.42 Å². The molecule has 1 N–H and O–H groups in total. The Bertz CT molecular complexity index is 1150. The van der Waals surface area contributed by atoms with Crippen molar-refractivity contribution < 1.29 is 13.6 Å². The highest BCUT2D eigenvalue weighted by molar-refractivity contribution is 7.99. The first-order chi connectivity index (χ1) is 14.7. The fourth-order valence-electron chi connectivity index (χ4n) is 2.71. The summed E-state index contributed by atoms with van der Waals surface area (Å²) < 4.78 is 19.4. The van der Waals surface area contributed by atoms with Crippen LogP contribution in [0.15, 0.2) is 87.7 Å². The smallest absolute Gasteiger partial charge is 0.224 e. The molecule has 6 nitrogen and oxygen atoms in total. The Hall–Kier alpha value is -3.52. The maximum atomic E-state index is 13.8. The number of nitrogens with zero attached hydrogens (tertiary/aromatic N) is 3. The lowest BCUT2D eigenvalue weighted by Crippen LogP contribution is -2.12. The van der Waals surface area contributed by atoms with E-state index in [1.165, 1.54) is 24.0 Å². The molecule has 1 aromatic carbocycles. The van der Waals surface area contributed by atoms with Crippen molar-refractivity contribution in [3.63, 3.8) is 0 Å². The quantitative estimate of drug-likeness (QED) is 0.453. The van der Waals surface area contributed by atoms with Gasteiger partial charge < -0.3 is 9.73 Å². The van der Waals surface area contributed by atoms with Crippen LogP contribution in [0.2, 0.25) is 0 Å². The van der Waals surface area contributed by atoms with E-state index < -0.39 is 0 Å². The monoisotopic (exact) mass is 420 g/mol. The Morgan fingerprint density at radius 1 is 1.00 bits per heavy atom. The summed E-state index contributed by atoms with van der Waals surface area (Å²) in [4.78, 5) is 25.0. The van der Waals surface area contributed by atoms with Crippen molar-refractivity contribution in [3.8, 4) is 11.3 Å². The van der Waals surface area contributed by atoms with Gasteiger partial charge in [-0.05, 0) is 36.4 Å². The summed E-state index contributed by atoms with van der Waals surface area (Å²) in [6.45, 7) is 0. The summed E-state index contributed by atoms with van der Waals surface area (Å²) in [6, 6.07) is 15.5. The average molecular weight is 420 g/mol. The Morgan fingerprint density at radius 3 is 2.67 bits per heavy atom. The number of aryl methyl sites for hydroxylation is 1. The third-order valence-electron chi connectivity index (χ3n) is 4.12. The molecule has 0 aliphatic rings. The van der Waals surface area contributed by atoms with E-state index in [1.807, 2.05) is 18.2 Å². The third-order valence-corrected chi connectivity index (χ3v) is 5.01. The largest absolute Gasteiger partial charge is 0.441 e. The van der Waals surface area contributed by atoms with Crippen LogP contribution >= 0.6 is 11.8 Å². The minimum atomic E-state index is -0.380. The van der Waals surface area contributed by atoms with E-state index in [9.17, 15) is 9.18 Å². The lowest BCUT2D eigenvalue weighted by molar-refractivity contribution is -0.116. The van der Waals surface area contributed by atoms with Gasteiger partial charge in [0.1, 0.15) is 15.9 Å². The first kappa shape index (κ1) is 19.8. The second-order valence-electron chi connectivity index (χ2n) is 6.30. The predicted octanol–water partition coefficient (Wildman–Crippen LogP) is 4.99. The highest BCUT2D eigenvalue weighted by atomic mass is 32.2. The summed E-state index contributed by atoms with van der Waals surface area (Å²) in [5.74, 6) is 0.161. The van der Waals surface area contributed by atoms with Crippen molar-refractivity contribution in [2.45, 2.75) is 22.9 Å². The Morgan fingerprint density at radius 2 is 1.83 bits per heavy atom. The molecule has 3 aromatic heterocycles. The molecule has 0 saturated carbocycles. The van der Waals surface area contributed by atoms with Crippen molar-refractivity contribution >= 4 is 23.4 Å². The molecule has 4 aromatic rings. The number of oxazole rings is 1. The van der Waals surface area contributed by atoms with Crippen LogP contribution in [0.25, 0.3) is 11.3 Å². The number of pyridine rings is 2. The van der Waals surface area contributed by atoms with Gasteiger partial charge in [0.05, 0.1) is 11.8 Å². The Labute approximate surface area is 176 Å². The number of halogens is 1. The zero-order valence-corrected chi connectivity index (χ0v) is 16.6. The third kappa shape index (κ3) is 5.09. The van der Waals surface area contributed by atoms with Crippen LogP contribution in [0.4, 0.5) is 10.1 Å². The molecule has 0 aliphatic heterocycles. The highest BCUT2D eigenvalue weighted by Gasteiger charge is 2.12. The number of carbonyl (C=O) groups is 1. The minimum absolute atomic E-state index is 0.180. The maximum absolute atomic E-state index is 13.8. The molecule has 4 rings (SSSR count). The zero-order valence-electron chi connectivity index (χ0n) is 15.8. The minimum Gasteiger partial charge on any atom is -0.441 e. The van der Waals surface area contributed by atoms with Crippen molar-refractivity contribution in [1.29, 1.82) is 0 Å². The Balaban J connectivity index is 1.33. The van der Waals surface area contributed by atoms with E-state index in [1.54, 1.807) is 42.7 Å². The maximum Gasteiger partial charge on any atom is 0.224 e. The SMILES string of the molecule is O=C(CCc1ncc(-c2ccccc2F)o1)Nc1ccnc(Sc2ccccn2)c1. The first-order valence-corrected chi connectivity index (χ1v) is 10.0. The van der Waals surface area contributed by atoms with Gasteiger partial charge in [-0.25, -0.2) is 19.3 Å². The number of anilines is 1. The molecular formula is C22H17FN4O2S. The number of hydrogen-bond acceptors (Lipinski definition) is 6. The second kappa shape index (κ2) is 9.32. The molecule has 30 heavy (non-hydrogen) atoms. The van der Waals surface area contributed by atoms with Crippen LogP contribution in [-0.4, -0.2) is 20.9 Å². The van der Waals surface area contributed by atoms with Crippen LogP contribution in [0.3, 0.4) is 0 Å². The fourth-order valence-corrected chi connectivity index (χ4v) is 3.49. The molecule has 0 radical (unpaired) electrons. The van der Waals surface area contributed by atoms with Gasteiger partial charge in [-0.15, -0.1) is 0 Å².